The molecule has 3 heterocycles. The lowest BCUT2D eigenvalue weighted by Gasteiger charge is -2.25. The minimum atomic E-state index is -0.132. The minimum Gasteiger partial charge on any atom is -0.361 e. The van der Waals surface area contributed by atoms with Crippen LogP contribution in [0.1, 0.15) is 73.3 Å². The molecule has 2 fully saturated rings. The van der Waals surface area contributed by atoms with Gasteiger partial charge in [0.2, 0.25) is 11.8 Å². The van der Waals surface area contributed by atoms with Gasteiger partial charge in [0.25, 0.3) is 0 Å². The number of hydrogen-bond donors (Lipinski definition) is 0. The molecule has 2 aromatic rings. The van der Waals surface area contributed by atoms with Gasteiger partial charge < -0.3 is 13.9 Å². The summed E-state index contributed by atoms with van der Waals surface area (Å²) < 4.78 is 10.6. The molecule has 0 N–H and O–H groups in total. The number of amides is 1. The maximum absolute atomic E-state index is 13.0. The van der Waals surface area contributed by atoms with Gasteiger partial charge in [-0.1, -0.05) is 17.2 Å². The van der Waals surface area contributed by atoms with E-state index in [1.165, 1.54) is 0 Å². The Morgan fingerprint density at radius 1 is 1.24 bits per heavy atom. The third-order valence-electron chi connectivity index (χ3n) is 5.33. The van der Waals surface area contributed by atoms with Gasteiger partial charge in [-0.25, -0.2) is 0 Å². The van der Waals surface area contributed by atoms with Crippen LogP contribution in [0.5, 0.6) is 0 Å². The second-order valence-corrected chi connectivity index (χ2v) is 7.36. The van der Waals surface area contributed by atoms with E-state index in [9.17, 15) is 4.79 Å². The van der Waals surface area contributed by atoms with Crippen LogP contribution in [0.15, 0.2) is 9.05 Å². The molecule has 7 heteroatoms. The molecule has 2 atom stereocenters. The van der Waals surface area contributed by atoms with E-state index < -0.39 is 0 Å². The minimum absolute atomic E-state index is 0.0594. The first-order valence-electron chi connectivity index (χ1n) is 9.10. The molecule has 0 radical (unpaired) electrons. The average Bonchev–Trinajstić information content (AvgIpc) is 3.02. The molecule has 2 aromatic heterocycles. The second kappa shape index (κ2) is 6.28. The summed E-state index contributed by atoms with van der Waals surface area (Å²) in [6.07, 6.45) is 4.77. The molecule has 0 aromatic carbocycles. The van der Waals surface area contributed by atoms with Crippen LogP contribution in [0.2, 0.25) is 0 Å². The highest BCUT2D eigenvalue weighted by molar-refractivity contribution is 5.79. The van der Waals surface area contributed by atoms with Crippen molar-refractivity contribution >= 4 is 5.91 Å². The van der Waals surface area contributed by atoms with Crippen molar-refractivity contribution in [2.45, 2.75) is 64.8 Å². The SMILES string of the molecule is Cc1noc(C)c1C[C@H](C)C(=O)N1CCC[C@@H]1c1noc(C2CC2)n1. The summed E-state index contributed by atoms with van der Waals surface area (Å²) in [7, 11) is 0. The van der Waals surface area contributed by atoms with Crippen LogP contribution >= 0.6 is 0 Å². The molecule has 7 nitrogen and oxygen atoms in total. The average molecular weight is 344 g/mol. The molecular weight excluding hydrogens is 320 g/mol. The number of aromatic nitrogens is 3. The Hall–Kier alpha value is -2.18. The lowest BCUT2D eigenvalue weighted by atomic mass is 9.98. The predicted molar refractivity (Wildman–Crippen MR) is 88.8 cm³/mol. The molecule has 1 amide bonds. The van der Waals surface area contributed by atoms with Crippen molar-refractivity contribution in [3.05, 3.63) is 28.7 Å². The number of aryl methyl sites for hydroxylation is 2. The number of carbonyl (C=O) groups excluding carboxylic acids is 1. The zero-order chi connectivity index (χ0) is 17.6. The molecule has 4 rings (SSSR count). The number of carbonyl (C=O) groups is 1. The van der Waals surface area contributed by atoms with E-state index in [0.29, 0.717) is 18.2 Å². The van der Waals surface area contributed by atoms with Gasteiger partial charge in [0.15, 0.2) is 5.82 Å². The smallest absolute Gasteiger partial charge is 0.229 e. The zero-order valence-corrected chi connectivity index (χ0v) is 15.0. The van der Waals surface area contributed by atoms with E-state index in [4.69, 9.17) is 9.05 Å². The van der Waals surface area contributed by atoms with Crippen molar-refractivity contribution in [2.24, 2.45) is 5.92 Å². The summed E-state index contributed by atoms with van der Waals surface area (Å²) in [6.45, 7) is 6.53. The van der Waals surface area contributed by atoms with Gasteiger partial charge in [0.1, 0.15) is 5.76 Å². The highest BCUT2D eigenvalue weighted by Crippen LogP contribution is 2.40. The Kier molecular flexibility index (Phi) is 4.09. The van der Waals surface area contributed by atoms with Crippen LogP contribution in [0.4, 0.5) is 0 Å². The quantitative estimate of drug-likeness (QED) is 0.828. The fourth-order valence-electron chi connectivity index (χ4n) is 3.65. The first-order valence-corrected chi connectivity index (χ1v) is 9.10. The van der Waals surface area contributed by atoms with Crippen molar-refractivity contribution in [3.63, 3.8) is 0 Å². The molecule has 2 aliphatic rings. The number of likely N-dealkylation sites (tertiary alicyclic amines) is 1. The van der Waals surface area contributed by atoms with Crippen LogP contribution in [0.3, 0.4) is 0 Å². The number of rotatable bonds is 5. The first kappa shape index (κ1) is 16.3. The number of hydrogen-bond acceptors (Lipinski definition) is 6. The van der Waals surface area contributed by atoms with Crippen LogP contribution in [0, 0.1) is 19.8 Å². The van der Waals surface area contributed by atoms with E-state index >= 15 is 0 Å². The number of nitrogens with zero attached hydrogens (tertiary/aromatic N) is 4. The third kappa shape index (κ3) is 3.07. The summed E-state index contributed by atoms with van der Waals surface area (Å²) in [5, 5.41) is 8.13. The standard InChI is InChI=1S/C18H24N4O3/c1-10(9-14-11(2)20-24-12(14)3)18(23)22-8-4-5-15(22)16-19-17(25-21-16)13-6-7-13/h10,13,15H,4-9H2,1-3H3/t10-,15+/m0/s1. The predicted octanol–water partition coefficient (Wildman–Crippen LogP) is 3.09. The largest absolute Gasteiger partial charge is 0.361 e. The fourth-order valence-corrected chi connectivity index (χ4v) is 3.65. The molecule has 134 valence electrons. The second-order valence-electron chi connectivity index (χ2n) is 7.36. The third-order valence-corrected chi connectivity index (χ3v) is 5.33. The highest BCUT2D eigenvalue weighted by Gasteiger charge is 2.37. The van der Waals surface area contributed by atoms with Crippen molar-refractivity contribution in [2.75, 3.05) is 6.54 Å². The molecule has 1 aliphatic heterocycles. The van der Waals surface area contributed by atoms with E-state index in [1.807, 2.05) is 25.7 Å². The Labute approximate surface area is 146 Å². The van der Waals surface area contributed by atoms with Crippen LogP contribution in [-0.4, -0.2) is 32.6 Å². The lowest BCUT2D eigenvalue weighted by Crippen LogP contribution is -2.36. The summed E-state index contributed by atoms with van der Waals surface area (Å²) in [5.41, 5.74) is 1.90. The molecule has 1 aliphatic carbocycles. The van der Waals surface area contributed by atoms with E-state index in [1.54, 1.807) is 0 Å². The van der Waals surface area contributed by atoms with Gasteiger partial charge in [-0.05, 0) is 46.0 Å². The maximum atomic E-state index is 13.0. The van der Waals surface area contributed by atoms with Gasteiger partial charge in [-0.3, -0.25) is 4.79 Å². The molecular formula is C18H24N4O3. The van der Waals surface area contributed by atoms with E-state index in [-0.39, 0.29) is 17.9 Å². The van der Waals surface area contributed by atoms with Crippen LogP contribution < -0.4 is 0 Å². The Bertz CT molecular complexity index is 758. The maximum Gasteiger partial charge on any atom is 0.229 e. The molecule has 1 saturated carbocycles. The van der Waals surface area contributed by atoms with Crippen molar-refractivity contribution in [1.82, 2.24) is 20.2 Å². The van der Waals surface area contributed by atoms with Crippen LogP contribution in [-0.2, 0) is 11.2 Å². The summed E-state index contributed by atoms with van der Waals surface area (Å²) >= 11 is 0. The molecule has 25 heavy (non-hydrogen) atoms. The first-order chi connectivity index (χ1) is 12.0. The van der Waals surface area contributed by atoms with Gasteiger partial charge in [0, 0.05) is 23.9 Å². The Balaban J connectivity index is 1.47. The Morgan fingerprint density at radius 2 is 2.04 bits per heavy atom. The summed E-state index contributed by atoms with van der Waals surface area (Å²) in [6, 6.07) is -0.0594. The van der Waals surface area contributed by atoms with Gasteiger partial charge in [0.05, 0.1) is 11.7 Å². The zero-order valence-electron chi connectivity index (χ0n) is 15.0. The highest BCUT2D eigenvalue weighted by atomic mass is 16.5. The molecule has 0 unspecified atom stereocenters. The molecule has 0 bridgehead atoms. The topological polar surface area (TPSA) is 85.3 Å². The fraction of sp³-hybridized carbons (Fsp3) is 0.667. The molecule has 0 spiro atoms. The molecule has 1 saturated heterocycles. The van der Waals surface area contributed by atoms with Crippen molar-refractivity contribution in [1.29, 1.82) is 0 Å². The van der Waals surface area contributed by atoms with Crippen molar-refractivity contribution in [3.8, 4) is 0 Å². The Morgan fingerprint density at radius 3 is 2.72 bits per heavy atom. The van der Waals surface area contributed by atoms with E-state index in [2.05, 4.69) is 15.3 Å². The van der Waals surface area contributed by atoms with Crippen molar-refractivity contribution < 1.29 is 13.8 Å². The van der Waals surface area contributed by atoms with E-state index in [0.717, 1.165) is 55.1 Å². The lowest BCUT2D eigenvalue weighted by molar-refractivity contribution is -0.136. The van der Waals surface area contributed by atoms with Gasteiger partial charge in [-0.2, -0.15) is 4.98 Å². The summed E-state index contributed by atoms with van der Waals surface area (Å²) in [5.74, 6) is 2.63. The summed E-state index contributed by atoms with van der Waals surface area (Å²) in [4.78, 5) is 19.5. The van der Waals surface area contributed by atoms with Gasteiger partial charge >= 0.3 is 0 Å². The van der Waals surface area contributed by atoms with Gasteiger partial charge in [-0.15, -0.1) is 0 Å². The normalized spacial score (nSPS) is 21.7. The monoisotopic (exact) mass is 344 g/mol. The van der Waals surface area contributed by atoms with Crippen LogP contribution in [0.25, 0.3) is 0 Å².